The molecule has 0 aromatic heterocycles. The second-order valence-electron chi connectivity index (χ2n) is 5.07. The molecule has 0 bridgehead atoms. The van der Waals surface area contributed by atoms with Gasteiger partial charge < -0.3 is 10.1 Å². The van der Waals surface area contributed by atoms with E-state index in [-0.39, 0.29) is 18.4 Å². The third-order valence-electron chi connectivity index (χ3n) is 2.97. The lowest BCUT2D eigenvalue weighted by Gasteiger charge is -2.26. The summed E-state index contributed by atoms with van der Waals surface area (Å²) in [5.74, 6) is -0.256. The maximum absolute atomic E-state index is 11.8. The summed E-state index contributed by atoms with van der Waals surface area (Å²) in [5.41, 5.74) is 0.321. The Morgan fingerprint density at radius 1 is 1.37 bits per heavy atom. The highest BCUT2D eigenvalue weighted by atomic mass is 16.6. The zero-order chi connectivity index (χ0) is 14.3. The number of nitrogens with one attached hydrogen (secondary N) is 1. The van der Waals surface area contributed by atoms with E-state index in [2.05, 4.69) is 5.32 Å². The molecule has 0 fully saturated rings. The van der Waals surface area contributed by atoms with Gasteiger partial charge in [0.1, 0.15) is 5.60 Å². The lowest BCUT2D eigenvalue weighted by molar-refractivity contribution is -0.157. The quantitative estimate of drug-likeness (QED) is 0.607. The number of carbonyl (C=O) groups excluding carboxylic acids is 2. The van der Waals surface area contributed by atoms with E-state index >= 15 is 0 Å². The smallest absolute Gasteiger partial charge is 0.306 e. The van der Waals surface area contributed by atoms with Crippen molar-refractivity contribution < 1.29 is 14.3 Å². The minimum atomic E-state index is -0.639. The second kappa shape index (κ2) is 6.92. The highest BCUT2D eigenvalue weighted by Gasteiger charge is 2.24. The molecule has 0 spiro atoms. The Hall–Kier alpha value is -1.84. The fourth-order valence-electron chi connectivity index (χ4n) is 1.77. The fraction of sp³-hybridized carbons (Fsp3) is 0.467. The third kappa shape index (κ3) is 5.12. The SMILES string of the molecule is CC(CCC(=O)OC(C)(C)c1ccccc1)NC=O. The molecule has 0 aliphatic rings. The van der Waals surface area contributed by atoms with Gasteiger partial charge in [0.2, 0.25) is 6.41 Å². The molecule has 1 unspecified atom stereocenters. The third-order valence-corrected chi connectivity index (χ3v) is 2.97. The number of ether oxygens (including phenoxy) is 1. The topological polar surface area (TPSA) is 55.4 Å². The first-order valence-electron chi connectivity index (χ1n) is 6.43. The standard InChI is InChI=1S/C15H21NO3/c1-12(16-11-17)9-10-14(18)19-15(2,3)13-7-5-4-6-8-13/h4-8,11-12H,9-10H2,1-3H3,(H,16,17). The molecule has 19 heavy (non-hydrogen) atoms. The zero-order valence-electron chi connectivity index (χ0n) is 11.7. The van der Waals surface area contributed by atoms with Gasteiger partial charge in [-0.1, -0.05) is 30.3 Å². The van der Waals surface area contributed by atoms with Crippen LogP contribution >= 0.6 is 0 Å². The van der Waals surface area contributed by atoms with Crippen LogP contribution in [0.5, 0.6) is 0 Å². The average molecular weight is 263 g/mol. The average Bonchev–Trinajstić information content (AvgIpc) is 2.37. The maximum atomic E-state index is 11.8. The van der Waals surface area contributed by atoms with Crippen LogP contribution in [0.2, 0.25) is 0 Å². The van der Waals surface area contributed by atoms with Gasteiger partial charge in [-0.2, -0.15) is 0 Å². The first-order valence-corrected chi connectivity index (χ1v) is 6.43. The lowest BCUT2D eigenvalue weighted by Crippen LogP contribution is -2.28. The number of hydrogen-bond donors (Lipinski definition) is 1. The Kier molecular flexibility index (Phi) is 5.55. The largest absolute Gasteiger partial charge is 0.455 e. The minimum Gasteiger partial charge on any atom is -0.455 e. The molecule has 0 saturated heterocycles. The monoisotopic (exact) mass is 263 g/mol. The highest BCUT2D eigenvalue weighted by molar-refractivity contribution is 5.70. The number of rotatable bonds is 7. The Bertz CT molecular complexity index is 415. The number of amides is 1. The summed E-state index contributed by atoms with van der Waals surface area (Å²) >= 11 is 0. The molecule has 1 atom stereocenters. The van der Waals surface area contributed by atoms with Crippen LogP contribution in [0.4, 0.5) is 0 Å². The van der Waals surface area contributed by atoms with Crippen LogP contribution in [-0.2, 0) is 19.9 Å². The zero-order valence-corrected chi connectivity index (χ0v) is 11.7. The van der Waals surface area contributed by atoms with Crippen molar-refractivity contribution in [2.75, 3.05) is 0 Å². The molecule has 1 rings (SSSR count). The van der Waals surface area contributed by atoms with Gasteiger partial charge in [0.25, 0.3) is 0 Å². The van der Waals surface area contributed by atoms with Crippen LogP contribution in [0.1, 0.15) is 39.2 Å². The predicted molar refractivity (Wildman–Crippen MR) is 73.5 cm³/mol. The van der Waals surface area contributed by atoms with E-state index in [1.54, 1.807) is 0 Å². The summed E-state index contributed by atoms with van der Waals surface area (Å²) in [5, 5.41) is 2.61. The van der Waals surface area contributed by atoms with E-state index < -0.39 is 5.60 Å². The Morgan fingerprint density at radius 2 is 2.00 bits per heavy atom. The van der Waals surface area contributed by atoms with Crippen molar-refractivity contribution >= 4 is 12.4 Å². The molecule has 1 aromatic carbocycles. The highest BCUT2D eigenvalue weighted by Crippen LogP contribution is 2.25. The van der Waals surface area contributed by atoms with Gasteiger partial charge in [-0.15, -0.1) is 0 Å². The van der Waals surface area contributed by atoms with Crippen molar-refractivity contribution in [1.82, 2.24) is 5.32 Å². The van der Waals surface area contributed by atoms with Crippen molar-refractivity contribution in [1.29, 1.82) is 0 Å². The summed E-state index contributed by atoms with van der Waals surface area (Å²) < 4.78 is 5.50. The summed E-state index contributed by atoms with van der Waals surface area (Å²) in [6.45, 7) is 5.59. The van der Waals surface area contributed by atoms with E-state index in [4.69, 9.17) is 4.74 Å². The van der Waals surface area contributed by atoms with Crippen molar-refractivity contribution in [3.8, 4) is 0 Å². The molecule has 1 aromatic rings. The van der Waals surface area contributed by atoms with Gasteiger partial charge in [0.15, 0.2) is 0 Å². The summed E-state index contributed by atoms with van der Waals surface area (Å²) in [6.07, 6.45) is 1.50. The number of esters is 1. The van der Waals surface area contributed by atoms with Gasteiger partial charge in [0, 0.05) is 12.5 Å². The molecule has 4 nitrogen and oxygen atoms in total. The van der Waals surface area contributed by atoms with Crippen LogP contribution in [-0.4, -0.2) is 18.4 Å². The number of hydrogen-bond acceptors (Lipinski definition) is 3. The van der Waals surface area contributed by atoms with Crippen LogP contribution in [0.25, 0.3) is 0 Å². The first-order chi connectivity index (χ1) is 8.95. The van der Waals surface area contributed by atoms with Gasteiger partial charge in [0.05, 0.1) is 0 Å². The number of benzene rings is 1. The van der Waals surface area contributed by atoms with Crippen LogP contribution < -0.4 is 5.32 Å². The molecular formula is C15H21NO3. The lowest BCUT2D eigenvalue weighted by atomic mass is 9.98. The molecular weight excluding hydrogens is 242 g/mol. The summed E-state index contributed by atoms with van der Waals surface area (Å²) in [6, 6.07) is 9.61. The van der Waals surface area contributed by atoms with Crippen molar-refractivity contribution in [2.45, 2.75) is 45.3 Å². The molecule has 0 heterocycles. The van der Waals surface area contributed by atoms with E-state index in [0.29, 0.717) is 12.8 Å². The molecule has 0 aliphatic carbocycles. The normalized spacial score (nSPS) is 12.6. The molecule has 0 saturated carbocycles. The maximum Gasteiger partial charge on any atom is 0.306 e. The number of carbonyl (C=O) groups is 2. The molecule has 0 aliphatic heterocycles. The van der Waals surface area contributed by atoms with Gasteiger partial charge >= 0.3 is 5.97 Å². The fourth-order valence-corrected chi connectivity index (χ4v) is 1.77. The van der Waals surface area contributed by atoms with Crippen molar-refractivity contribution in [2.24, 2.45) is 0 Å². The Labute approximate surface area is 114 Å². The second-order valence-corrected chi connectivity index (χ2v) is 5.07. The van der Waals surface area contributed by atoms with Crippen molar-refractivity contribution in [3.63, 3.8) is 0 Å². The minimum absolute atomic E-state index is 0.0233. The molecule has 1 amide bonds. The van der Waals surface area contributed by atoms with Crippen molar-refractivity contribution in [3.05, 3.63) is 35.9 Å². The van der Waals surface area contributed by atoms with Gasteiger partial charge in [-0.3, -0.25) is 9.59 Å². The van der Waals surface area contributed by atoms with Crippen LogP contribution in [0.3, 0.4) is 0 Å². The first kappa shape index (κ1) is 15.2. The van der Waals surface area contributed by atoms with Crippen LogP contribution in [0.15, 0.2) is 30.3 Å². The Morgan fingerprint density at radius 3 is 2.58 bits per heavy atom. The van der Waals surface area contributed by atoms with Gasteiger partial charge in [-0.05, 0) is 32.8 Å². The molecule has 104 valence electrons. The van der Waals surface area contributed by atoms with E-state index in [9.17, 15) is 9.59 Å². The predicted octanol–water partition coefficient (Wildman–Crippen LogP) is 2.38. The van der Waals surface area contributed by atoms with E-state index in [0.717, 1.165) is 5.56 Å². The van der Waals surface area contributed by atoms with Gasteiger partial charge in [-0.25, -0.2) is 0 Å². The summed E-state index contributed by atoms with van der Waals surface area (Å²) in [4.78, 5) is 22.0. The molecule has 1 N–H and O–H groups in total. The molecule has 0 radical (unpaired) electrons. The Balaban J connectivity index is 2.49. The van der Waals surface area contributed by atoms with Crippen LogP contribution in [0, 0.1) is 0 Å². The summed E-state index contributed by atoms with van der Waals surface area (Å²) in [7, 11) is 0. The molecule has 4 heteroatoms. The van der Waals surface area contributed by atoms with E-state index in [1.165, 1.54) is 0 Å². The van der Waals surface area contributed by atoms with E-state index in [1.807, 2.05) is 51.1 Å².